The standard InChI is InChI=1S/C14H21ClN2O3/c1-11(20)16-13-4-2-3-12(9-13)14(15)10-17(5-7-18)6-8-19/h2-4,9,14,18-19H,5-8,10H2,1H3,(H,16,20). The van der Waals surface area contributed by atoms with E-state index in [9.17, 15) is 4.79 Å². The third-order valence-corrected chi connectivity index (χ3v) is 3.21. The minimum absolute atomic E-state index is 0.0234. The van der Waals surface area contributed by atoms with E-state index < -0.39 is 0 Å². The largest absolute Gasteiger partial charge is 0.395 e. The lowest BCUT2D eigenvalue weighted by molar-refractivity contribution is -0.114. The topological polar surface area (TPSA) is 72.8 Å². The van der Waals surface area contributed by atoms with Crippen LogP contribution in [0.15, 0.2) is 24.3 Å². The number of hydrogen-bond donors (Lipinski definition) is 3. The van der Waals surface area contributed by atoms with Gasteiger partial charge in [0, 0.05) is 32.2 Å². The number of benzene rings is 1. The minimum Gasteiger partial charge on any atom is -0.395 e. The molecule has 0 aliphatic heterocycles. The summed E-state index contributed by atoms with van der Waals surface area (Å²) < 4.78 is 0. The first-order valence-corrected chi connectivity index (χ1v) is 6.96. The molecule has 0 saturated carbocycles. The minimum atomic E-state index is -0.276. The maximum Gasteiger partial charge on any atom is 0.221 e. The lowest BCUT2D eigenvalue weighted by atomic mass is 10.1. The Bertz CT molecular complexity index is 423. The van der Waals surface area contributed by atoms with Crippen LogP contribution in [0.4, 0.5) is 5.69 Å². The summed E-state index contributed by atoms with van der Waals surface area (Å²) in [6.45, 7) is 2.96. The van der Waals surface area contributed by atoms with Crippen LogP contribution in [0.1, 0.15) is 17.9 Å². The number of rotatable bonds is 8. The maximum atomic E-state index is 11.0. The second-order valence-corrected chi connectivity index (χ2v) is 5.05. The van der Waals surface area contributed by atoms with Gasteiger partial charge in [-0.3, -0.25) is 9.69 Å². The van der Waals surface area contributed by atoms with Gasteiger partial charge in [0.25, 0.3) is 0 Å². The van der Waals surface area contributed by atoms with Gasteiger partial charge >= 0.3 is 0 Å². The summed E-state index contributed by atoms with van der Waals surface area (Å²) in [4.78, 5) is 12.9. The van der Waals surface area contributed by atoms with Crippen molar-refractivity contribution in [1.82, 2.24) is 4.90 Å². The van der Waals surface area contributed by atoms with Crippen molar-refractivity contribution in [1.29, 1.82) is 0 Å². The fraction of sp³-hybridized carbons (Fsp3) is 0.500. The molecule has 1 amide bonds. The molecule has 1 atom stereocenters. The first-order valence-electron chi connectivity index (χ1n) is 6.52. The fourth-order valence-corrected chi connectivity index (χ4v) is 2.25. The number of aliphatic hydroxyl groups is 2. The van der Waals surface area contributed by atoms with E-state index in [2.05, 4.69) is 5.32 Å². The van der Waals surface area contributed by atoms with Crippen LogP contribution in [-0.2, 0) is 4.79 Å². The molecule has 0 radical (unpaired) electrons. The molecule has 0 aliphatic rings. The summed E-state index contributed by atoms with van der Waals surface area (Å²) in [6.07, 6.45) is 0. The quantitative estimate of drug-likeness (QED) is 0.631. The van der Waals surface area contributed by atoms with E-state index in [1.165, 1.54) is 6.92 Å². The first-order chi connectivity index (χ1) is 9.56. The van der Waals surface area contributed by atoms with E-state index in [1.807, 2.05) is 23.1 Å². The van der Waals surface area contributed by atoms with E-state index in [0.717, 1.165) is 5.56 Å². The van der Waals surface area contributed by atoms with Crippen LogP contribution in [0.25, 0.3) is 0 Å². The van der Waals surface area contributed by atoms with Gasteiger partial charge in [0.1, 0.15) is 0 Å². The normalized spacial score (nSPS) is 12.4. The predicted octanol–water partition coefficient (Wildman–Crippen LogP) is 1.21. The maximum absolute atomic E-state index is 11.0. The van der Waals surface area contributed by atoms with Gasteiger partial charge in [0.15, 0.2) is 0 Å². The molecule has 20 heavy (non-hydrogen) atoms. The number of nitrogens with zero attached hydrogens (tertiary/aromatic N) is 1. The average molecular weight is 301 g/mol. The number of hydrogen-bond acceptors (Lipinski definition) is 4. The highest BCUT2D eigenvalue weighted by molar-refractivity contribution is 6.21. The summed E-state index contributed by atoms with van der Waals surface area (Å²) in [7, 11) is 0. The van der Waals surface area contributed by atoms with E-state index >= 15 is 0 Å². The molecule has 0 spiro atoms. The average Bonchev–Trinajstić information content (AvgIpc) is 2.38. The van der Waals surface area contributed by atoms with Crippen LogP contribution in [0.3, 0.4) is 0 Å². The Morgan fingerprint density at radius 1 is 1.35 bits per heavy atom. The van der Waals surface area contributed by atoms with Gasteiger partial charge in [-0.25, -0.2) is 0 Å². The molecule has 5 nitrogen and oxygen atoms in total. The van der Waals surface area contributed by atoms with E-state index in [0.29, 0.717) is 25.3 Å². The third kappa shape index (κ3) is 5.88. The molecule has 0 aromatic heterocycles. The zero-order chi connectivity index (χ0) is 15.0. The number of aliphatic hydroxyl groups excluding tert-OH is 2. The molecule has 1 aromatic carbocycles. The Hall–Kier alpha value is -1.14. The van der Waals surface area contributed by atoms with Crippen molar-refractivity contribution in [2.75, 3.05) is 38.2 Å². The molecule has 1 aromatic rings. The Kier molecular flexibility index (Phi) is 7.54. The van der Waals surface area contributed by atoms with Gasteiger partial charge in [-0.2, -0.15) is 0 Å². The number of amides is 1. The molecular weight excluding hydrogens is 280 g/mol. The zero-order valence-electron chi connectivity index (χ0n) is 11.6. The van der Waals surface area contributed by atoms with Gasteiger partial charge in [0.05, 0.1) is 18.6 Å². The number of carbonyl (C=O) groups is 1. The van der Waals surface area contributed by atoms with Gasteiger partial charge in [-0.1, -0.05) is 12.1 Å². The van der Waals surface area contributed by atoms with Crippen molar-refractivity contribution in [3.8, 4) is 0 Å². The molecule has 112 valence electrons. The molecule has 0 bridgehead atoms. The molecule has 0 saturated heterocycles. The molecule has 3 N–H and O–H groups in total. The summed E-state index contributed by atoms with van der Waals surface area (Å²) in [5.74, 6) is -0.129. The van der Waals surface area contributed by atoms with E-state index in [-0.39, 0.29) is 24.5 Å². The Balaban J connectivity index is 2.69. The molecule has 6 heteroatoms. The number of nitrogens with one attached hydrogen (secondary N) is 1. The third-order valence-electron chi connectivity index (χ3n) is 2.82. The highest BCUT2D eigenvalue weighted by Crippen LogP contribution is 2.24. The van der Waals surface area contributed by atoms with Crippen molar-refractivity contribution in [3.05, 3.63) is 29.8 Å². The number of alkyl halides is 1. The monoisotopic (exact) mass is 300 g/mol. The second-order valence-electron chi connectivity index (χ2n) is 4.52. The van der Waals surface area contributed by atoms with E-state index in [1.54, 1.807) is 6.07 Å². The van der Waals surface area contributed by atoms with Gasteiger partial charge in [0.2, 0.25) is 5.91 Å². The van der Waals surface area contributed by atoms with Crippen LogP contribution in [0.5, 0.6) is 0 Å². The van der Waals surface area contributed by atoms with Crippen molar-refractivity contribution in [2.45, 2.75) is 12.3 Å². The van der Waals surface area contributed by atoms with Gasteiger partial charge in [-0.05, 0) is 17.7 Å². The van der Waals surface area contributed by atoms with Gasteiger partial charge < -0.3 is 15.5 Å². The summed E-state index contributed by atoms with van der Waals surface area (Å²) in [6, 6.07) is 7.35. The number of anilines is 1. The SMILES string of the molecule is CC(=O)Nc1cccc(C(Cl)CN(CCO)CCO)c1. The Labute approximate surface area is 124 Å². The smallest absolute Gasteiger partial charge is 0.221 e. The lowest BCUT2D eigenvalue weighted by Gasteiger charge is -2.23. The molecular formula is C14H21ClN2O3. The summed E-state index contributed by atoms with van der Waals surface area (Å²) in [5, 5.41) is 20.4. The lowest BCUT2D eigenvalue weighted by Crippen LogP contribution is -2.32. The van der Waals surface area contributed by atoms with Crippen LogP contribution in [0.2, 0.25) is 0 Å². The van der Waals surface area contributed by atoms with Crippen molar-refractivity contribution < 1.29 is 15.0 Å². The fourth-order valence-electron chi connectivity index (χ4n) is 1.92. The van der Waals surface area contributed by atoms with E-state index in [4.69, 9.17) is 21.8 Å². The molecule has 0 fully saturated rings. The zero-order valence-corrected chi connectivity index (χ0v) is 12.3. The Morgan fingerprint density at radius 2 is 2.00 bits per heavy atom. The number of halogens is 1. The highest BCUT2D eigenvalue weighted by Gasteiger charge is 2.13. The van der Waals surface area contributed by atoms with Crippen LogP contribution in [-0.4, -0.2) is 53.9 Å². The van der Waals surface area contributed by atoms with Crippen molar-refractivity contribution in [2.24, 2.45) is 0 Å². The Morgan fingerprint density at radius 3 is 2.55 bits per heavy atom. The first kappa shape index (κ1) is 16.9. The van der Waals surface area contributed by atoms with Gasteiger partial charge in [-0.15, -0.1) is 11.6 Å². The molecule has 1 unspecified atom stereocenters. The van der Waals surface area contributed by atoms with Crippen molar-refractivity contribution in [3.63, 3.8) is 0 Å². The van der Waals surface area contributed by atoms with Crippen molar-refractivity contribution >= 4 is 23.2 Å². The summed E-state index contributed by atoms with van der Waals surface area (Å²) >= 11 is 6.36. The predicted molar refractivity (Wildman–Crippen MR) is 80.0 cm³/mol. The molecule has 1 rings (SSSR count). The molecule has 0 aliphatic carbocycles. The van der Waals surface area contributed by atoms with Crippen LogP contribution in [0, 0.1) is 0 Å². The molecule has 0 heterocycles. The van der Waals surface area contributed by atoms with Crippen LogP contribution >= 0.6 is 11.6 Å². The number of carbonyl (C=O) groups excluding carboxylic acids is 1. The summed E-state index contributed by atoms with van der Waals surface area (Å²) in [5.41, 5.74) is 1.59. The highest BCUT2D eigenvalue weighted by atomic mass is 35.5. The van der Waals surface area contributed by atoms with Crippen LogP contribution < -0.4 is 5.32 Å². The second kappa shape index (κ2) is 8.92.